The molecule has 94 valence electrons. The number of halogens is 1. The first kappa shape index (κ1) is 13.8. The van der Waals surface area contributed by atoms with Gasteiger partial charge in [0.1, 0.15) is 0 Å². The van der Waals surface area contributed by atoms with Gasteiger partial charge in [-0.25, -0.2) is 0 Å². The van der Waals surface area contributed by atoms with E-state index in [1.807, 2.05) is 6.92 Å². The Kier molecular flexibility index (Phi) is 4.82. The fourth-order valence-electron chi connectivity index (χ4n) is 1.78. The van der Waals surface area contributed by atoms with Crippen LogP contribution in [0.15, 0.2) is 18.2 Å². The summed E-state index contributed by atoms with van der Waals surface area (Å²) in [5.74, 6) is 0.372. The average molecular weight is 255 g/mol. The average Bonchev–Trinajstić information content (AvgIpc) is 2.20. The number of nitrogens with two attached hydrogens (primary N) is 1. The lowest BCUT2D eigenvalue weighted by Gasteiger charge is -2.16. The zero-order valence-corrected chi connectivity index (χ0v) is 11.2. The van der Waals surface area contributed by atoms with Crippen LogP contribution in [0.25, 0.3) is 0 Å². The monoisotopic (exact) mass is 254 g/mol. The van der Waals surface area contributed by atoms with Crippen LogP contribution >= 0.6 is 11.6 Å². The summed E-state index contributed by atoms with van der Waals surface area (Å²) < 4.78 is 0. The van der Waals surface area contributed by atoms with Gasteiger partial charge in [-0.1, -0.05) is 25.4 Å². The van der Waals surface area contributed by atoms with Crippen molar-refractivity contribution in [2.24, 2.45) is 5.92 Å². The first-order valence-corrected chi connectivity index (χ1v) is 6.14. The molecule has 0 bridgehead atoms. The number of hydrogen-bond acceptors (Lipinski definition) is 2. The summed E-state index contributed by atoms with van der Waals surface area (Å²) in [4.78, 5) is 12.0. The number of carbonyl (C=O) groups is 1. The highest BCUT2D eigenvalue weighted by Crippen LogP contribution is 2.19. The Labute approximate surface area is 107 Å². The minimum Gasteiger partial charge on any atom is -0.399 e. The Morgan fingerprint density at radius 1 is 1.41 bits per heavy atom. The predicted octanol–water partition coefficient (Wildman–Crippen LogP) is 3.09. The fourth-order valence-corrected chi connectivity index (χ4v) is 1.99. The molecule has 0 aliphatic carbocycles. The van der Waals surface area contributed by atoms with Crippen LogP contribution < -0.4 is 11.1 Å². The van der Waals surface area contributed by atoms with Crippen LogP contribution in [0.1, 0.15) is 37.6 Å². The molecule has 0 saturated carbocycles. The van der Waals surface area contributed by atoms with Gasteiger partial charge in [0.05, 0.1) is 10.6 Å². The van der Waals surface area contributed by atoms with Gasteiger partial charge in [0, 0.05) is 11.7 Å². The summed E-state index contributed by atoms with van der Waals surface area (Å²) in [6.45, 7) is 6.23. The minimum atomic E-state index is -0.171. The van der Waals surface area contributed by atoms with Gasteiger partial charge in [0.25, 0.3) is 5.91 Å². The van der Waals surface area contributed by atoms with E-state index in [0.717, 1.165) is 6.42 Å². The molecule has 0 spiro atoms. The molecule has 1 atom stereocenters. The van der Waals surface area contributed by atoms with Crippen molar-refractivity contribution < 1.29 is 4.79 Å². The molecule has 3 nitrogen and oxygen atoms in total. The SMILES string of the molecule is CC(C)CC(C)NC(=O)c1cc(N)ccc1Cl. The molecule has 0 aliphatic heterocycles. The van der Waals surface area contributed by atoms with Crippen LogP contribution in [0.4, 0.5) is 5.69 Å². The van der Waals surface area contributed by atoms with E-state index in [1.54, 1.807) is 18.2 Å². The number of amides is 1. The molecule has 1 amide bonds. The van der Waals surface area contributed by atoms with Gasteiger partial charge in [-0.3, -0.25) is 4.79 Å². The fraction of sp³-hybridized carbons (Fsp3) is 0.462. The van der Waals surface area contributed by atoms with Crippen LogP contribution in [0.3, 0.4) is 0 Å². The molecule has 3 N–H and O–H groups in total. The van der Waals surface area contributed by atoms with E-state index in [-0.39, 0.29) is 11.9 Å². The number of nitrogens with one attached hydrogen (secondary N) is 1. The molecule has 0 aliphatic rings. The van der Waals surface area contributed by atoms with Gasteiger partial charge in [-0.05, 0) is 37.5 Å². The zero-order valence-electron chi connectivity index (χ0n) is 10.5. The second-order valence-electron chi connectivity index (χ2n) is 4.74. The molecule has 0 saturated heterocycles. The van der Waals surface area contributed by atoms with Crippen LogP contribution in [-0.2, 0) is 0 Å². The summed E-state index contributed by atoms with van der Waals surface area (Å²) in [6.07, 6.45) is 0.936. The van der Waals surface area contributed by atoms with E-state index < -0.39 is 0 Å². The first-order chi connectivity index (χ1) is 7.90. The van der Waals surface area contributed by atoms with Gasteiger partial charge in [-0.15, -0.1) is 0 Å². The number of carbonyl (C=O) groups excluding carboxylic acids is 1. The molecule has 0 radical (unpaired) electrons. The quantitative estimate of drug-likeness (QED) is 0.812. The van der Waals surface area contributed by atoms with E-state index in [2.05, 4.69) is 19.2 Å². The van der Waals surface area contributed by atoms with Gasteiger partial charge >= 0.3 is 0 Å². The van der Waals surface area contributed by atoms with Crippen molar-refractivity contribution in [3.05, 3.63) is 28.8 Å². The summed E-state index contributed by atoms with van der Waals surface area (Å²) in [5, 5.41) is 3.34. The Morgan fingerprint density at radius 2 is 2.06 bits per heavy atom. The number of anilines is 1. The molecule has 1 rings (SSSR count). The van der Waals surface area contributed by atoms with E-state index in [0.29, 0.717) is 22.2 Å². The third kappa shape index (κ3) is 4.27. The molecule has 0 aromatic heterocycles. The van der Waals surface area contributed by atoms with Crippen LogP contribution in [0.2, 0.25) is 5.02 Å². The molecule has 4 heteroatoms. The Hall–Kier alpha value is -1.22. The summed E-state index contributed by atoms with van der Waals surface area (Å²) in [7, 11) is 0. The first-order valence-electron chi connectivity index (χ1n) is 5.76. The predicted molar refractivity (Wildman–Crippen MR) is 72.2 cm³/mol. The van der Waals surface area contributed by atoms with Crippen molar-refractivity contribution in [3.63, 3.8) is 0 Å². The van der Waals surface area contributed by atoms with Gasteiger partial charge in [-0.2, -0.15) is 0 Å². The lowest BCUT2D eigenvalue weighted by Crippen LogP contribution is -2.33. The molecule has 1 unspecified atom stereocenters. The molecule has 1 aromatic rings. The maximum absolute atomic E-state index is 12.0. The van der Waals surface area contributed by atoms with Crippen molar-refractivity contribution in [1.29, 1.82) is 0 Å². The zero-order chi connectivity index (χ0) is 13.0. The number of benzene rings is 1. The van der Waals surface area contributed by atoms with Crippen LogP contribution in [-0.4, -0.2) is 11.9 Å². The molecule has 0 fully saturated rings. The van der Waals surface area contributed by atoms with E-state index in [1.165, 1.54) is 0 Å². The van der Waals surface area contributed by atoms with E-state index in [4.69, 9.17) is 17.3 Å². The Balaban J connectivity index is 2.73. The number of hydrogen-bond donors (Lipinski definition) is 2. The van der Waals surface area contributed by atoms with Crippen molar-refractivity contribution in [1.82, 2.24) is 5.32 Å². The summed E-state index contributed by atoms with van der Waals surface area (Å²) >= 11 is 5.96. The number of rotatable bonds is 4. The Morgan fingerprint density at radius 3 is 2.65 bits per heavy atom. The smallest absolute Gasteiger partial charge is 0.253 e. The summed E-state index contributed by atoms with van der Waals surface area (Å²) in [6, 6.07) is 5.04. The van der Waals surface area contributed by atoms with Crippen molar-refractivity contribution in [3.8, 4) is 0 Å². The normalized spacial score (nSPS) is 12.5. The van der Waals surface area contributed by atoms with Gasteiger partial charge < -0.3 is 11.1 Å². The standard InChI is InChI=1S/C13H19ClN2O/c1-8(2)6-9(3)16-13(17)11-7-10(15)4-5-12(11)14/h4-5,7-9H,6,15H2,1-3H3,(H,16,17). The van der Waals surface area contributed by atoms with Crippen LogP contribution in [0, 0.1) is 5.92 Å². The summed E-state index contributed by atoms with van der Waals surface area (Å²) in [5.41, 5.74) is 6.61. The Bertz CT molecular complexity index is 404. The van der Waals surface area contributed by atoms with Crippen molar-refractivity contribution in [2.45, 2.75) is 33.2 Å². The molecule has 17 heavy (non-hydrogen) atoms. The second kappa shape index (κ2) is 5.92. The number of nitrogen functional groups attached to an aromatic ring is 1. The highest BCUT2D eigenvalue weighted by molar-refractivity contribution is 6.34. The third-order valence-electron chi connectivity index (χ3n) is 2.44. The second-order valence-corrected chi connectivity index (χ2v) is 5.15. The van der Waals surface area contributed by atoms with Gasteiger partial charge in [0.15, 0.2) is 0 Å². The highest BCUT2D eigenvalue weighted by Gasteiger charge is 2.14. The maximum Gasteiger partial charge on any atom is 0.253 e. The molecule has 1 aromatic carbocycles. The van der Waals surface area contributed by atoms with E-state index >= 15 is 0 Å². The van der Waals surface area contributed by atoms with Gasteiger partial charge in [0.2, 0.25) is 0 Å². The van der Waals surface area contributed by atoms with E-state index in [9.17, 15) is 4.79 Å². The molecular weight excluding hydrogens is 236 g/mol. The minimum absolute atomic E-state index is 0.125. The van der Waals surface area contributed by atoms with Crippen LogP contribution in [0.5, 0.6) is 0 Å². The lowest BCUT2D eigenvalue weighted by molar-refractivity contribution is 0.0936. The van der Waals surface area contributed by atoms with Crippen molar-refractivity contribution in [2.75, 3.05) is 5.73 Å². The third-order valence-corrected chi connectivity index (χ3v) is 2.77. The molecular formula is C13H19ClN2O. The lowest BCUT2D eigenvalue weighted by atomic mass is 10.0. The maximum atomic E-state index is 12.0. The highest BCUT2D eigenvalue weighted by atomic mass is 35.5. The topological polar surface area (TPSA) is 55.1 Å². The van der Waals surface area contributed by atoms with Crippen molar-refractivity contribution >= 4 is 23.2 Å². The molecule has 0 heterocycles. The largest absolute Gasteiger partial charge is 0.399 e.